The van der Waals surface area contributed by atoms with Gasteiger partial charge >= 0.3 is 0 Å². The van der Waals surface area contributed by atoms with Crippen molar-refractivity contribution in [1.29, 1.82) is 0 Å². The fourth-order valence-corrected chi connectivity index (χ4v) is 3.19. The zero-order valence-electron chi connectivity index (χ0n) is 14.7. The molecule has 0 radical (unpaired) electrons. The van der Waals surface area contributed by atoms with Gasteiger partial charge < -0.3 is 15.0 Å². The van der Waals surface area contributed by atoms with Gasteiger partial charge in [-0.3, -0.25) is 0 Å². The molecule has 0 heterocycles. The van der Waals surface area contributed by atoms with Crippen LogP contribution in [-0.2, 0) is 9.84 Å². The molecule has 0 spiro atoms. The Balaban J connectivity index is 2.07. The molecule has 2 rings (SSSR count). The molecule has 5 nitrogen and oxygen atoms in total. The second kappa shape index (κ2) is 7.84. The van der Waals surface area contributed by atoms with Gasteiger partial charge in [0.2, 0.25) is 0 Å². The summed E-state index contributed by atoms with van der Waals surface area (Å²) in [5, 5.41) is 3.76. The monoisotopic (exact) mass is 378 g/mol. The zero-order chi connectivity index (χ0) is 18.6. The van der Waals surface area contributed by atoms with Gasteiger partial charge in [0.1, 0.15) is 5.75 Å². The van der Waals surface area contributed by atoms with Crippen molar-refractivity contribution in [3.05, 3.63) is 54.1 Å². The lowest BCUT2D eigenvalue weighted by Crippen LogP contribution is -2.33. The first kappa shape index (κ1) is 19.2. The summed E-state index contributed by atoms with van der Waals surface area (Å²) in [5.74, 6) is 0.782. The molecule has 1 N–H and O–H groups in total. The largest absolute Gasteiger partial charge is 0.497 e. The zero-order valence-corrected chi connectivity index (χ0v) is 16.3. The van der Waals surface area contributed by atoms with E-state index in [0.717, 1.165) is 17.0 Å². The van der Waals surface area contributed by atoms with Gasteiger partial charge in [-0.2, -0.15) is 0 Å². The van der Waals surface area contributed by atoms with Crippen molar-refractivity contribution in [1.82, 2.24) is 4.90 Å². The average Bonchev–Trinajstić information content (AvgIpc) is 2.60. The maximum Gasteiger partial charge on any atom is 0.175 e. The molecule has 0 unspecified atom stereocenters. The Labute approximate surface area is 154 Å². The van der Waals surface area contributed by atoms with Gasteiger partial charge in [-0.15, -0.1) is 0 Å². The summed E-state index contributed by atoms with van der Waals surface area (Å²) in [6, 6.07) is 14.4. The number of rotatable bonds is 5. The van der Waals surface area contributed by atoms with Gasteiger partial charge in [-0.25, -0.2) is 8.42 Å². The molecule has 0 fully saturated rings. The highest BCUT2D eigenvalue weighted by Crippen LogP contribution is 2.22. The third kappa shape index (κ3) is 4.93. The lowest BCUT2D eigenvalue weighted by Gasteiger charge is -2.28. The molecule has 25 heavy (non-hydrogen) atoms. The Morgan fingerprint density at radius 3 is 2.16 bits per heavy atom. The van der Waals surface area contributed by atoms with Crippen molar-refractivity contribution >= 4 is 32.9 Å². The molecular weight excluding hydrogens is 356 g/mol. The van der Waals surface area contributed by atoms with E-state index in [9.17, 15) is 8.42 Å². The minimum absolute atomic E-state index is 0.00754. The molecule has 134 valence electrons. The van der Waals surface area contributed by atoms with E-state index in [1.54, 1.807) is 19.2 Å². The molecule has 0 aliphatic rings. The van der Waals surface area contributed by atoms with Crippen molar-refractivity contribution in [3.8, 4) is 5.75 Å². The molecule has 0 amide bonds. The first-order chi connectivity index (χ1) is 11.7. The van der Waals surface area contributed by atoms with Gasteiger partial charge in [-0.1, -0.05) is 12.1 Å². The second-order valence-corrected chi connectivity index (χ2v) is 8.19. The van der Waals surface area contributed by atoms with E-state index >= 15 is 0 Å². The predicted octanol–water partition coefficient (Wildman–Crippen LogP) is 3.49. The maximum atomic E-state index is 11.6. The van der Waals surface area contributed by atoms with Crippen molar-refractivity contribution in [2.75, 3.05) is 25.7 Å². The number of nitrogens with one attached hydrogen (secondary N) is 1. The highest BCUT2D eigenvalue weighted by molar-refractivity contribution is 7.90. The second-order valence-electron chi connectivity index (χ2n) is 5.79. The van der Waals surface area contributed by atoms with E-state index in [4.69, 9.17) is 17.0 Å². The van der Waals surface area contributed by atoms with Crippen molar-refractivity contribution in [2.24, 2.45) is 0 Å². The number of thiocarbonyl (C=S) groups is 1. The van der Waals surface area contributed by atoms with E-state index in [1.165, 1.54) is 6.26 Å². The molecule has 7 heteroatoms. The summed E-state index contributed by atoms with van der Waals surface area (Å²) >= 11 is 5.47. The Morgan fingerprint density at radius 1 is 1.12 bits per heavy atom. The van der Waals surface area contributed by atoms with Crippen LogP contribution in [0.5, 0.6) is 5.75 Å². The van der Waals surface area contributed by atoms with Crippen molar-refractivity contribution in [2.45, 2.75) is 17.9 Å². The lowest BCUT2D eigenvalue weighted by molar-refractivity contribution is 0.408. The Morgan fingerprint density at radius 2 is 1.68 bits per heavy atom. The van der Waals surface area contributed by atoms with E-state index < -0.39 is 9.84 Å². The van der Waals surface area contributed by atoms with Crippen LogP contribution in [0.1, 0.15) is 18.5 Å². The first-order valence-corrected chi connectivity index (χ1v) is 10.00. The van der Waals surface area contributed by atoms with Gasteiger partial charge in [0.15, 0.2) is 14.9 Å². The molecule has 0 saturated carbocycles. The number of sulfone groups is 1. The Kier molecular flexibility index (Phi) is 6.02. The molecule has 0 aromatic heterocycles. The Bertz CT molecular complexity index is 832. The SMILES string of the molecule is COc1ccc(NC(=S)N(C)[C@H](C)c2ccc(S(C)(=O)=O)cc2)cc1. The molecule has 2 aromatic carbocycles. The summed E-state index contributed by atoms with van der Waals surface area (Å²) in [6.45, 7) is 2.01. The van der Waals surface area contributed by atoms with E-state index in [2.05, 4.69) is 5.32 Å². The smallest absolute Gasteiger partial charge is 0.175 e. The van der Waals surface area contributed by atoms with Crippen LogP contribution < -0.4 is 10.1 Å². The van der Waals surface area contributed by atoms with Gasteiger partial charge in [0, 0.05) is 19.0 Å². The summed E-state index contributed by atoms with van der Waals surface area (Å²) < 4.78 is 28.2. The average molecular weight is 379 g/mol. The van der Waals surface area contributed by atoms with Crippen LogP contribution in [0.2, 0.25) is 0 Å². The minimum Gasteiger partial charge on any atom is -0.497 e. The number of hydrogen-bond donors (Lipinski definition) is 1. The van der Waals surface area contributed by atoms with Crippen LogP contribution in [-0.4, -0.2) is 38.8 Å². The number of anilines is 1. The summed E-state index contributed by atoms with van der Waals surface area (Å²) in [7, 11) is 0.329. The van der Waals surface area contributed by atoms with E-state index in [0.29, 0.717) is 10.0 Å². The van der Waals surface area contributed by atoms with E-state index in [1.807, 2.05) is 55.3 Å². The number of nitrogens with zero attached hydrogens (tertiary/aromatic N) is 1. The highest BCUT2D eigenvalue weighted by Gasteiger charge is 2.16. The van der Waals surface area contributed by atoms with Crippen molar-refractivity contribution < 1.29 is 13.2 Å². The van der Waals surface area contributed by atoms with Crippen molar-refractivity contribution in [3.63, 3.8) is 0 Å². The number of benzene rings is 2. The number of hydrogen-bond acceptors (Lipinski definition) is 4. The van der Waals surface area contributed by atoms with Crippen LogP contribution in [0.25, 0.3) is 0 Å². The van der Waals surface area contributed by atoms with E-state index in [-0.39, 0.29) is 6.04 Å². The summed E-state index contributed by atoms with van der Waals surface area (Å²) in [5.41, 5.74) is 1.85. The number of ether oxygens (including phenoxy) is 1. The molecule has 0 aliphatic heterocycles. The molecule has 0 bridgehead atoms. The standard InChI is InChI=1S/C18H22N2O3S2/c1-13(14-5-11-17(12-6-14)25(4,21)22)20(2)18(24)19-15-7-9-16(23-3)10-8-15/h5-13H,1-4H3,(H,19,24)/t13-/m1/s1. The highest BCUT2D eigenvalue weighted by atomic mass is 32.2. The fourth-order valence-electron chi connectivity index (χ4n) is 2.28. The van der Waals surface area contributed by atoms with Gasteiger partial charge in [0.25, 0.3) is 0 Å². The van der Waals surface area contributed by atoms with Gasteiger partial charge in [0.05, 0.1) is 18.0 Å². The van der Waals surface area contributed by atoms with Gasteiger partial charge in [-0.05, 0) is 61.1 Å². The van der Waals surface area contributed by atoms with Crippen LogP contribution in [0.4, 0.5) is 5.69 Å². The number of methoxy groups -OCH3 is 1. The molecule has 0 saturated heterocycles. The third-order valence-electron chi connectivity index (χ3n) is 4.03. The molecule has 1 atom stereocenters. The quantitative estimate of drug-likeness (QED) is 0.804. The maximum absolute atomic E-state index is 11.6. The third-order valence-corrected chi connectivity index (χ3v) is 5.55. The minimum atomic E-state index is -3.19. The topological polar surface area (TPSA) is 58.6 Å². The Hall–Kier alpha value is -2.12. The van der Waals surface area contributed by atoms with Crippen LogP contribution in [0.3, 0.4) is 0 Å². The van der Waals surface area contributed by atoms with Crippen LogP contribution in [0, 0.1) is 0 Å². The molecule has 2 aromatic rings. The first-order valence-electron chi connectivity index (χ1n) is 7.70. The fraction of sp³-hybridized carbons (Fsp3) is 0.278. The summed E-state index contributed by atoms with van der Waals surface area (Å²) in [4.78, 5) is 2.24. The normalized spacial score (nSPS) is 12.3. The predicted molar refractivity (Wildman–Crippen MR) is 105 cm³/mol. The lowest BCUT2D eigenvalue weighted by atomic mass is 10.1. The molecule has 0 aliphatic carbocycles. The van der Waals surface area contributed by atoms with Crippen LogP contribution >= 0.6 is 12.2 Å². The molecular formula is C18H22N2O3S2. The summed E-state index contributed by atoms with van der Waals surface area (Å²) in [6.07, 6.45) is 1.20. The van der Waals surface area contributed by atoms with Crippen LogP contribution in [0.15, 0.2) is 53.4 Å².